The van der Waals surface area contributed by atoms with Crippen LogP contribution < -0.4 is 9.80 Å². The molecule has 0 N–H and O–H groups in total. The van der Waals surface area contributed by atoms with Gasteiger partial charge in [-0.15, -0.1) is 10.2 Å². The number of hydrogen-bond donors (Lipinski definition) is 0. The minimum atomic E-state index is -3.55. The van der Waals surface area contributed by atoms with Crippen molar-refractivity contribution in [2.24, 2.45) is 0 Å². The summed E-state index contributed by atoms with van der Waals surface area (Å²) in [5.74, 6) is 1.72. The molecule has 0 unspecified atom stereocenters. The highest BCUT2D eigenvalue weighted by atomic mass is 32.2. The molecule has 32 heavy (non-hydrogen) atoms. The summed E-state index contributed by atoms with van der Waals surface area (Å²) >= 11 is 0. The van der Waals surface area contributed by atoms with E-state index in [2.05, 4.69) is 31.9 Å². The lowest BCUT2D eigenvalue weighted by atomic mass is 10.0. The Balaban J connectivity index is 1.26. The summed E-state index contributed by atoms with van der Waals surface area (Å²) in [6.07, 6.45) is 5.36. The van der Waals surface area contributed by atoms with Gasteiger partial charge in [0.25, 0.3) is 0 Å². The second kappa shape index (κ2) is 8.63. The third-order valence-electron chi connectivity index (χ3n) is 6.51. The second-order valence-electron chi connectivity index (χ2n) is 8.54. The zero-order valence-electron chi connectivity index (χ0n) is 18.3. The fourth-order valence-corrected chi connectivity index (χ4v) is 6.06. The number of fused-ring (bicyclic) bond motifs is 1. The largest absolute Gasteiger partial charge is 0.352 e. The Morgan fingerprint density at radius 1 is 0.906 bits per heavy atom. The normalized spacial score (nSPS) is 20.6. The van der Waals surface area contributed by atoms with Crippen LogP contribution in [-0.4, -0.2) is 66.7 Å². The molecule has 1 atom stereocenters. The zero-order chi connectivity index (χ0) is 22.1. The Bertz CT molecular complexity index is 1190. The van der Waals surface area contributed by atoms with Crippen LogP contribution in [0.25, 0.3) is 10.9 Å². The van der Waals surface area contributed by atoms with Crippen LogP contribution in [0.2, 0.25) is 0 Å². The van der Waals surface area contributed by atoms with E-state index in [0.29, 0.717) is 37.1 Å². The SMILES string of the molecule is C[C@H]1CCCCN1c1ccc(N2CCN(S(=O)(=O)c3ccc4ncccc4c3)CC2)nn1. The van der Waals surface area contributed by atoms with E-state index in [9.17, 15) is 8.42 Å². The van der Waals surface area contributed by atoms with Crippen LogP contribution >= 0.6 is 0 Å². The molecule has 3 aromatic rings. The van der Waals surface area contributed by atoms with Crippen LogP contribution in [0.15, 0.2) is 53.6 Å². The van der Waals surface area contributed by atoms with Crippen molar-refractivity contribution in [3.8, 4) is 0 Å². The molecular weight excluding hydrogens is 424 g/mol. The smallest absolute Gasteiger partial charge is 0.243 e. The first-order valence-electron chi connectivity index (χ1n) is 11.2. The van der Waals surface area contributed by atoms with Crippen LogP contribution in [0.3, 0.4) is 0 Å². The number of benzene rings is 1. The van der Waals surface area contributed by atoms with Crippen LogP contribution in [0.4, 0.5) is 11.6 Å². The molecular formula is C23H28N6O2S. The van der Waals surface area contributed by atoms with Crippen molar-refractivity contribution in [3.63, 3.8) is 0 Å². The Morgan fingerprint density at radius 3 is 2.44 bits per heavy atom. The van der Waals surface area contributed by atoms with Gasteiger partial charge >= 0.3 is 0 Å². The van der Waals surface area contributed by atoms with E-state index in [4.69, 9.17) is 0 Å². The molecule has 2 saturated heterocycles. The number of piperidine rings is 1. The van der Waals surface area contributed by atoms with Gasteiger partial charge in [0, 0.05) is 50.3 Å². The first-order valence-corrected chi connectivity index (χ1v) is 12.7. The number of piperazine rings is 1. The first-order chi connectivity index (χ1) is 15.5. The van der Waals surface area contributed by atoms with Crippen molar-refractivity contribution in [2.45, 2.75) is 37.1 Å². The van der Waals surface area contributed by atoms with Crippen molar-refractivity contribution in [2.75, 3.05) is 42.5 Å². The number of rotatable bonds is 4. The maximum absolute atomic E-state index is 13.2. The van der Waals surface area contributed by atoms with Gasteiger partial charge in [0.15, 0.2) is 11.6 Å². The summed E-state index contributed by atoms with van der Waals surface area (Å²) in [5, 5.41) is 9.74. The fraction of sp³-hybridized carbons (Fsp3) is 0.435. The van der Waals surface area contributed by atoms with Crippen LogP contribution in [-0.2, 0) is 10.0 Å². The van der Waals surface area contributed by atoms with Crippen LogP contribution in [0.1, 0.15) is 26.2 Å². The van der Waals surface area contributed by atoms with E-state index in [0.717, 1.165) is 29.1 Å². The van der Waals surface area contributed by atoms with Gasteiger partial charge in [-0.1, -0.05) is 6.07 Å². The monoisotopic (exact) mass is 452 g/mol. The van der Waals surface area contributed by atoms with Gasteiger partial charge in [-0.25, -0.2) is 8.42 Å². The van der Waals surface area contributed by atoms with Crippen molar-refractivity contribution >= 4 is 32.6 Å². The predicted molar refractivity (Wildman–Crippen MR) is 125 cm³/mol. The Kier molecular flexibility index (Phi) is 5.69. The number of nitrogens with zero attached hydrogens (tertiary/aromatic N) is 6. The lowest BCUT2D eigenvalue weighted by molar-refractivity contribution is 0.383. The predicted octanol–water partition coefficient (Wildman–Crippen LogP) is 2.91. The van der Waals surface area contributed by atoms with Gasteiger partial charge in [-0.2, -0.15) is 4.31 Å². The first kappa shape index (κ1) is 21.1. The fourth-order valence-electron chi connectivity index (χ4n) is 4.60. The Labute approximate surface area is 188 Å². The topological polar surface area (TPSA) is 82.5 Å². The molecule has 1 aromatic carbocycles. The molecule has 4 heterocycles. The van der Waals surface area contributed by atoms with Gasteiger partial charge in [-0.3, -0.25) is 4.98 Å². The maximum atomic E-state index is 13.2. The van der Waals surface area contributed by atoms with E-state index in [1.165, 1.54) is 19.3 Å². The number of hydrogen-bond acceptors (Lipinski definition) is 7. The number of sulfonamides is 1. The Morgan fingerprint density at radius 2 is 1.69 bits per heavy atom. The molecule has 2 aliphatic rings. The molecule has 2 fully saturated rings. The van der Waals surface area contributed by atoms with Gasteiger partial charge in [0.05, 0.1) is 10.4 Å². The average Bonchev–Trinajstić information content (AvgIpc) is 2.84. The van der Waals surface area contributed by atoms with E-state index < -0.39 is 10.0 Å². The highest BCUT2D eigenvalue weighted by molar-refractivity contribution is 7.89. The minimum Gasteiger partial charge on any atom is -0.352 e. The number of anilines is 2. The summed E-state index contributed by atoms with van der Waals surface area (Å²) in [5.41, 5.74) is 0.789. The molecule has 0 amide bonds. The lowest BCUT2D eigenvalue weighted by Crippen LogP contribution is -2.49. The highest BCUT2D eigenvalue weighted by Crippen LogP contribution is 2.25. The van der Waals surface area contributed by atoms with Crippen molar-refractivity contribution in [1.82, 2.24) is 19.5 Å². The molecule has 8 nitrogen and oxygen atoms in total. The molecule has 0 spiro atoms. The average molecular weight is 453 g/mol. The van der Waals surface area contributed by atoms with Crippen molar-refractivity contribution in [1.29, 1.82) is 0 Å². The number of aromatic nitrogens is 3. The van der Waals surface area contributed by atoms with Gasteiger partial charge < -0.3 is 9.80 Å². The Hall–Kier alpha value is -2.78. The molecule has 0 bridgehead atoms. The van der Waals surface area contributed by atoms with E-state index in [-0.39, 0.29) is 0 Å². The number of pyridine rings is 1. The molecule has 0 aliphatic carbocycles. The van der Waals surface area contributed by atoms with Crippen molar-refractivity contribution < 1.29 is 8.42 Å². The summed E-state index contributed by atoms with van der Waals surface area (Å²) in [7, 11) is -3.55. The molecule has 0 radical (unpaired) electrons. The van der Waals surface area contributed by atoms with E-state index >= 15 is 0 Å². The second-order valence-corrected chi connectivity index (χ2v) is 10.5. The summed E-state index contributed by atoms with van der Waals surface area (Å²) < 4.78 is 27.9. The third kappa shape index (κ3) is 4.02. The molecule has 2 aromatic heterocycles. The van der Waals surface area contributed by atoms with Gasteiger partial charge in [0.2, 0.25) is 10.0 Å². The van der Waals surface area contributed by atoms with Crippen LogP contribution in [0, 0.1) is 0 Å². The standard InChI is InChI=1S/C23H28N6O2S/c1-18-5-2-3-12-29(18)23-10-9-22(25-26-23)27-13-15-28(16-14-27)32(30,31)20-7-8-21-19(17-20)6-4-11-24-21/h4,6-11,17-18H,2-3,5,12-16H2,1H3/t18-/m0/s1. The van der Waals surface area contributed by atoms with Crippen LogP contribution in [0.5, 0.6) is 0 Å². The summed E-state index contributed by atoms with van der Waals surface area (Å²) in [6.45, 7) is 5.27. The summed E-state index contributed by atoms with van der Waals surface area (Å²) in [6, 6.07) is 13.3. The molecule has 168 valence electrons. The lowest BCUT2D eigenvalue weighted by Gasteiger charge is -2.35. The van der Waals surface area contributed by atoms with Gasteiger partial charge in [-0.05, 0) is 62.6 Å². The highest BCUT2D eigenvalue weighted by Gasteiger charge is 2.29. The molecule has 9 heteroatoms. The van der Waals surface area contributed by atoms with Gasteiger partial charge in [0.1, 0.15) is 0 Å². The van der Waals surface area contributed by atoms with E-state index in [1.807, 2.05) is 24.3 Å². The molecule has 0 saturated carbocycles. The molecule has 2 aliphatic heterocycles. The maximum Gasteiger partial charge on any atom is 0.243 e. The summed E-state index contributed by atoms with van der Waals surface area (Å²) in [4.78, 5) is 9.01. The zero-order valence-corrected chi connectivity index (χ0v) is 19.1. The molecule has 5 rings (SSSR count). The van der Waals surface area contributed by atoms with Crippen molar-refractivity contribution in [3.05, 3.63) is 48.7 Å². The quantitative estimate of drug-likeness (QED) is 0.602. The third-order valence-corrected chi connectivity index (χ3v) is 8.40. The minimum absolute atomic E-state index is 0.311. The van der Waals surface area contributed by atoms with E-state index in [1.54, 1.807) is 28.7 Å².